The zero-order chi connectivity index (χ0) is 18.3. The molecule has 0 aromatic carbocycles. The summed E-state index contributed by atoms with van der Waals surface area (Å²) < 4.78 is 0. The third kappa shape index (κ3) is 5.19. The predicted octanol–water partition coefficient (Wildman–Crippen LogP) is -0.417. The van der Waals surface area contributed by atoms with E-state index in [1.54, 1.807) is 14.1 Å². The van der Waals surface area contributed by atoms with E-state index < -0.39 is 12.0 Å². The molecule has 9 nitrogen and oxygen atoms in total. The molecule has 1 aliphatic heterocycles. The fourth-order valence-corrected chi connectivity index (χ4v) is 2.54. The third-order valence-corrected chi connectivity index (χ3v) is 4.06. The average Bonchev–Trinajstić information content (AvgIpc) is 2.53. The van der Waals surface area contributed by atoms with Gasteiger partial charge in [0.2, 0.25) is 18.2 Å². The molecule has 0 radical (unpaired) electrons. The molecule has 3 amide bonds. The van der Waals surface area contributed by atoms with E-state index in [0.29, 0.717) is 13.0 Å². The zero-order valence-corrected chi connectivity index (χ0v) is 14.5. The first-order valence-corrected chi connectivity index (χ1v) is 8.01. The number of carboxylic acids is 1. The minimum atomic E-state index is -1.03. The Kier molecular flexibility index (Phi) is 7.63. The van der Waals surface area contributed by atoms with Gasteiger partial charge in [-0.2, -0.15) is 0 Å². The largest absolute Gasteiger partial charge is 0.481 e. The van der Waals surface area contributed by atoms with Crippen LogP contribution < -0.4 is 0 Å². The maximum absolute atomic E-state index is 12.7. The first kappa shape index (κ1) is 19.9. The van der Waals surface area contributed by atoms with Crippen LogP contribution >= 0.6 is 0 Å². The summed E-state index contributed by atoms with van der Waals surface area (Å²) in [6.45, 7) is 2.45. The number of hydrazine groups is 1. The van der Waals surface area contributed by atoms with Crippen LogP contribution in [0.4, 0.5) is 0 Å². The molecule has 1 unspecified atom stereocenters. The summed E-state index contributed by atoms with van der Waals surface area (Å²) in [4.78, 5) is 49.8. The van der Waals surface area contributed by atoms with Gasteiger partial charge in [0.15, 0.2) is 0 Å². The van der Waals surface area contributed by atoms with Gasteiger partial charge in [0.05, 0.1) is 6.54 Å². The zero-order valence-electron chi connectivity index (χ0n) is 14.5. The summed E-state index contributed by atoms with van der Waals surface area (Å²) in [7, 11) is 3.24. The van der Waals surface area contributed by atoms with Crippen LogP contribution in [0, 0.1) is 0 Å². The first-order chi connectivity index (χ1) is 11.3. The number of hydrogen-bond donors (Lipinski definition) is 1. The van der Waals surface area contributed by atoms with Crippen molar-refractivity contribution in [3.8, 4) is 0 Å². The van der Waals surface area contributed by atoms with Crippen molar-refractivity contribution < 1.29 is 24.3 Å². The first-order valence-electron chi connectivity index (χ1n) is 8.01. The molecule has 0 aromatic rings. The standard InChI is InChI=1S/C15H26N4O5/c1-4-5-8-16(2)15(24)12(6-7-14(22)23)19-10-18(11-20)17(3)9-13(19)21/h11-12H,4-10H2,1-3H3,(H,22,23). The molecule has 9 heteroatoms. The highest BCUT2D eigenvalue weighted by molar-refractivity contribution is 5.89. The van der Waals surface area contributed by atoms with E-state index in [1.807, 2.05) is 6.92 Å². The van der Waals surface area contributed by atoms with Gasteiger partial charge in [-0.3, -0.25) is 24.2 Å². The predicted molar refractivity (Wildman–Crippen MR) is 85.4 cm³/mol. The number of carboxylic acid groups (broad SMARTS) is 1. The van der Waals surface area contributed by atoms with Gasteiger partial charge >= 0.3 is 5.97 Å². The van der Waals surface area contributed by atoms with Crippen molar-refractivity contribution >= 4 is 24.2 Å². The van der Waals surface area contributed by atoms with E-state index >= 15 is 0 Å². The van der Waals surface area contributed by atoms with Crippen molar-refractivity contribution in [2.45, 2.75) is 38.6 Å². The van der Waals surface area contributed by atoms with Crippen LogP contribution in [0.1, 0.15) is 32.6 Å². The summed E-state index contributed by atoms with van der Waals surface area (Å²) >= 11 is 0. The van der Waals surface area contributed by atoms with Crippen LogP contribution in [0.5, 0.6) is 0 Å². The van der Waals surface area contributed by atoms with Crippen molar-refractivity contribution in [2.24, 2.45) is 0 Å². The molecule has 0 aromatic heterocycles. The molecule has 0 spiro atoms. The van der Waals surface area contributed by atoms with Gasteiger partial charge in [-0.25, -0.2) is 5.01 Å². The number of nitrogens with zero attached hydrogens (tertiary/aromatic N) is 4. The summed E-state index contributed by atoms with van der Waals surface area (Å²) in [5.74, 6) is -1.63. The Morgan fingerprint density at radius 3 is 2.62 bits per heavy atom. The van der Waals surface area contributed by atoms with E-state index in [0.717, 1.165) is 12.8 Å². The maximum Gasteiger partial charge on any atom is 0.303 e. The molecule has 1 saturated heterocycles. The number of unbranched alkanes of at least 4 members (excludes halogenated alkanes) is 1. The maximum atomic E-state index is 12.7. The molecule has 0 saturated carbocycles. The Morgan fingerprint density at radius 1 is 1.42 bits per heavy atom. The highest BCUT2D eigenvalue weighted by Gasteiger charge is 2.37. The molecule has 136 valence electrons. The van der Waals surface area contributed by atoms with E-state index in [2.05, 4.69) is 0 Å². The number of likely N-dealkylation sites (N-methyl/N-ethyl adjacent to an activating group) is 2. The van der Waals surface area contributed by atoms with Gasteiger partial charge in [0.1, 0.15) is 12.7 Å². The topological polar surface area (TPSA) is 101 Å². The number of rotatable bonds is 9. The molecular formula is C15H26N4O5. The van der Waals surface area contributed by atoms with Crippen LogP contribution in [-0.2, 0) is 19.2 Å². The van der Waals surface area contributed by atoms with Gasteiger partial charge in [-0.05, 0) is 12.8 Å². The Hall–Kier alpha value is -2.16. The van der Waals surface area contributed by atoms with E-state index in [1.165, 1.54) is 19.8 Å². The van der Waals surface area contributed by atoms with Gasteiger partial charge in [0, 0.05) is 27.1 Å². The summed E-state index contributed by atoms with van der Waals surface area (Å²) in [5.41, 5.74) is 0. The second kappa shape index (κ2) is 9.21. The monoisotopic (exact) mass is 342 g/mol. The van der Waals surface area contributed by atoms with Crippen molar-refractivity contribution in [2.75, 3.05) is 33.9 Å². The summed E-state index contributed by atoms with van der Waals surface area (Å²) in [6, 6.07) is -0.883. The van der Waals surface area contributed by atoms with Crippen LogP contribution in [0.25, 0.3) is 0 Å². The quantitative estimate of drug-likeness (QED) is 0.571. The highest BCUT2D eigenvalue weighted by atomic mass is 16.4. The average molecular weight is 342 g/mol. The molecule has 0 bridgehead atoms. The van der Waals surface area contributed by atoms with E-state index in [9.17, 15) is 19.2 Å². The number of aliphatic carboxylic acids is 1. The lowest BCUT2D eigenvalue weighted by atomic mass is 10.1. The van der Waals surface area contributed by atoms with Gasteiger partial charge in [0.25, 0.3) is 0 Å². The van der Waals surface area contributed by atoms with Crippen molar-refractivity contribution in [3.05, 3.63) is 0 Å². The second-order valence-corrected chi connectivity index (χ2v) is 5.93. The van der Waals surface area contributed by atoms with Crippen LogP contribution in [0.2, 0.25) is 0 Å². The summed E-state index contributed by atoms with van der Waals surface area (Å²) in [6.07, 6.45) is 2.12. The molecule has 1 rings (SSSR count). The van der Waals surface area contributed by atoms with Crippen molar-refractivity contribution in [1.82, 2.24) is 19.8 Å². The normalized spacial score (nSPS) is 16.9. The molecule has 1 heterocycles. The number of hydrogen-bond acceptors (Lipinski definition) is 5. The van der Waals surface area contributed by atoms with Gasteiger partial charge in [-0.15, -0.1) is 0 Å². The molecule has 24 heavy (non-hydrogen) atoms. The van der Waals surface area contributed by atoms with E-state index in [4.69, 9.17) is 5.11 Å². The minimum Gasteiger partial charge on any atom is -0.481 e. The SMILES string of the molecule is CCCCN(C)C(=O)C(CCC(=O)O)N1CN(C=O)N(C)CC1=O. The molecule has 0 aliphatic carbocycles. The fourth-order valence-electron chi connectivity index (χ4n) is 2.54. The summed E-state index contributed by atoms with van der Waals surface area (Å²) in [5, 5.41) is 11.7. The molecule has 1 atom stereocenters. The highest BCUT2D eigenvalue weighted by Crippen LogP contribution is 2.16. The third-order valence-electron chi connectivity index (χ3n) is 4.06. The van der Waals surface area contributed by atoms with Crippen molar-refractivity contribution in [3.63, 3.8) is 0 Å². The molecule has 1 N–H and O–H groups in total. The van der Waals surface area contributed by atoms with E-state index in [-0.39, 0.29) is 37.9 Å². The lowest BCUT2D eigenvalue weighted by Gasteiger charge is -2.43. The molecular weight excluding hydrogens is 316 g/mol. The Morgan fingerprint density at radius 2 is 2.08 bits per heavy atom. The Balaban J connectivity index is 2.94. The van der Waals surface area contributed by atoms with Gasteiger partial charge < -0.3 is 14.9 Å². The van der Waals surface area contributed by atoms with Gasteiger partial charge in [-0.1, -0.05) is 13.3 Å². The number of amides is 3. The molecule has 1 fully saturated rings. The molecule has 1 aliphatic rings. The smallest absolute Gasteiger partial charge is 0.303 e. The number of carbonyl (C=O) groups excluding carboxylic acids is 3. The number of carbonyl (C=O) groups is 4. The lowest BCUT2D eigenvalue weighted by Crippen LogP contribution is -2.62. The second-order valence-electron chi connectivity index (χ2n) is 5.93. The Labute approximate surface area is 141 Å². The lowest BCUT2D eigenvalue weighted by molar-refractivity contribution is -0.170. The minimum absolute atomic E-state index is 0.0206. The van der Waals surface area contributed by atoms with Crippen LogP contribution in [-0.4, -0.2) is 89.0 Å². The van der Waals surface area contributed by atoms with Crippen LogP contribution in [0.15, 0.2) is 0 Å². The Bertz CT molecular complexity index is 484. The van der Waals surface area contributed by atoms with Crippen molar-refractivity contribution in [1.29, 1.82) is 0 Å². The van der Waals surface area contributed by atoms with Crippen LogP contribution in [0.3, 0.4) is 0 Å². The fraction of sp³-hybridized carbons (Fsp3) is 0.733.